The molecule has 3 nitrogen and oxygen atoms in total. The number of amides is 1. The van der Waals surface area contributed by atoms with Crippen molar-refractivity contribution in [2.45, 2.75) is 91.6 Å². The average molecular weight is 398 g/mol. The Bertz CT molecular complexity index is 776. The van der Waals surface area contributed by atoms with Gasteiger partial charge in [-0.1, -0.05) is 88.3 Å². The Balaban J connectivity index is 2.13. The standard InChI is InChI=1S/C26H39NO2/c1-6-7-8-9-10-11-12-15-20-27(25(28)29-26(3,4)5)24-21(2)18-19-22-16-13-14-17-23(22)24/h13-14,16-19H,6-12,15,20H2,1-5H3. The van der Waals surface area contributed by atoms with Crippen LogP contribution in [-0.4, -0.2) is 18.2 Å². The molecule has 0 atom stereocenters. The first-order valence-electron chi connectivity index (χ1n) is 11.3. The Morgan fingerprint density at radius 3 is 2.17 bits per heavy atom. The van der Waals surface area contributed by atoms with Crippen LogP contribution in [0.15, 0.2) is 36.4 Å². The molecular formula is C26H39NO2. The molecule has 0 aliphatic rings. The molecule has 0 fully saturated rings. The molecule has 0 radical (unpaired) electrons. The van der Waals surface area contributed by atoms with Crippen molar-refractivity contribution in [3.63, 3.8) is 0 Å². The monoisotopic (exact) mass is 397 g/mol. The summed E-state index contributed by atoms with van der Waals surface area (Å²) in [7, 11) is 0. The quantitative estimate of drug-likeness (QED) is 0.380. The highest BCUT2D eigenvalue weighted by atomic mass is 16.6. The lowest BCUT2D eigenvalue weighted by molar-refractivity contribution is 0.0580. The first kappa shape index (κ1) is 23.3. The molecule has 1 amide bonds. The molecule has 0 heterocycles. The van der Waals surface area contributed by atoms with Crippen molar-refractivity contribution in [2.75, 3.05) is 11.4 Å². The lowest BCUT2D eigenvalue weighted by Crippen LogP contribution is -2.38. The van der Waals surface area contributed by atoms with Crippen LogP contribution in [0.3, 0.4) is 0 Å². The molecule has 0 unspecified atom stereocenters. The minimum Gasteiger partial charge on any atom is -0.443 e. The molecule has 0 spiro atoms. The van der Waals surface area contributed by atoms with Crippen molar-refractivity contribution >= 4 is 22.6 Å². The number of unbranched alkanes of at least 4 members (excludes halogenated alkanes) is 7. The maximum absolute atomic E-state index is 13.1. The van der Waals surface area contributed by atoms with E-state index in [0.29, 0.717) is 6.54 Å². The third kappa shape index (κ3) is 7.38. The van der Waals surface area contributed by atoms with Gasteiger partial charge < -0.3 is 4.74 Å². The molecule has 0 saturated heterocycles. The van der Waals surface area contributed by atoms with Crippen LogP contribution in [0, 0.1) is 6.92 Å². The number of aryl methyl sites for hydroxylation is 1. The smallest absolute Gasteiger partial charge is 0.414 e. The van der Waals surface area contributed by atoms with Crippen LogP contribution in [0.5, 0.6) is 0 Å². The summed E-state index contributed by atoms with van der Waals surface area (Å²) >= 11 is 0. The van der Waals surface area contributed by atoms with Gasteiger partial charge in [0.15, 0.2) is 0 Å². The first-order valence-corrected chi connectivity index (χ1v) is 11.3. The zero-order chi connectivity index (χ0) is 21.3. The summed E-state index contributed by atoms with van der Waals surface area (Å²) in [4.78, 5) is 15.0. The van der Waals surface area contributed by atoms with E-state index < -0.39 is 5.60 Å². The molecule has 2 rings (SSSR count). The summed E-state index contributed by atoms with van der Waals surface area (Å²) in [6, 6.07) is 12.5. The zero-order valence-electron chi connectivity index (χ0n) is 19.1. The summed E-state index contributed by atoms with van der Waals surface area (Å²) in [6.07, 6.45) is 9.72. The van der Waals surface area contributed by atoms with E-state index >= 15 is 0 Å². The largest absolute Gasteiger partial charge is 0.443 e. The highest BCUT2D eigenvalue weighted by Gasteiger charge is 2.25. The summed E-state index contributed by atoms with van der Waals surface area (Å²) < 4.78 is 5.77. The Labute approximate surface area is 177 Å². The summed E-state index contributed by atoms with van der Waals surface area (Å²) in [6.45, 7) is 10.8. The van der Waals surface area contributed by atoms with Gasteiger partial charge in [-0.25, -0.2) is 4.79 Å². The topological polar surface area (TPSA) is 29.5 Å². The molecule has 3 heteroatoms. The fraction of sp³-hybridized carbons (Fsp3) is 0.577. The lowest BCUT2D eigenvalue weighted by atomic mass is 10.0. The van der Waals surface area contributed by atoms with Gasteiger partial charge in [0.05, 0.1) is 5.69 Å². The SMILES string of the molecule is CCCCCCCCCCN(C(=O)OC(C)(C)C)c1c(C)ccc2ccccc12. The van der Waals surface area contributed by atoms with Crippen LogP contribution in [-0.2, 0) is 4.74 Å². The van der Waals surface area contributed by atoms with Crippen LogP contribution in [0.1, 0.15) is 84.6 Å². The number of rotatable bonds is 10. The van der Waals surface area contributed by atoms with Crippen LogP contribution in [0.2, 0.25) is 0 Å². The molecule has 160 valence electrons. The van der Waals surface area contributed by atoms with E-state index in [1.54, 1.807) is 0 Å². The van der Waals surface area contributed by atoms with E-state index in [2.05, 4.69) is 38.1 Å². The van der Waals surface area contributed by atoms with Crippen molar-refractivity contribution in [3.8, 4) is 0 Å². The number of anilines is 1. The number of carbonyl (C=O) groups is 1. The van der Waals surface area contributed by atoms with Crippen LogP contribution in [0.4, 0.5) is 10.5 Å². The van der Waals surface area contributed by atoms with E-state index in [9.17, 15) is 4.79 Å². The number of carbonyl (C=O) groups excluding carboxylic acids is 1. The van der Waals surface area contributed by atoms with E-state index in [4.69, 9.17) is 4.74 Å². The van der Waals surface area contributed by atoms with Gasteiger partial charge in [0.2, 0.25) is 0 Å². The highest BCUT2D eigenvalue weighted by Crippen LogP contribution is 2.32. The maximum Gasteiger partial charge on any atom is 0.414 e. The van der Waals surface area contributed by atoms with Gasteiger partial charge in [-0.15, -0.1) is 0 Å². The molecular weight excluding hydrogens is 358 g/mol. The van der Waals surface area contributed by atoms with Crippen LogP contribution < -0.4 is 4.90 Å². The zero-order valence-corrected chi connectivity index (χ0v) is 19.1. The summed E-state index contributed by atoms with van der Waals surface area (Å²) in [5, 5.41) is 2.26. The predicted octanol–water partition coefficient (Wildman–Crippen LogP) is 8.03. The van der Waals surface area contributed by atoms with E-state index in [1.165, 1.54) is 38.5 Å². The van der Waals surface area contributed by atoms with Crippen molar-refractivity contribution < 1.29 is 9.53 Å². The second-order valence-corrected chi connectivity index (χ2v) is 9.06. The third-order valence-corrected chi connectivity index (χ3v) is 5.22. The minimum absolute atomic E-state index is 0.250. The number of nitrogens with zero attached hydrogens (tertiary/aromatic N) is 1. The molecule has 2 aromatic carbocycles. The van der Waals surface area contributed by atoms with Crippen molar-refractivity contribution in [3.05, 3.63) is 42.0 Å². The molecule has 0 aromatic heterocycles. The molecule has 0 bridgehead atoms. The minimum atomic E-state index is -0.507. The normalized spacial score (nSPS) is 11.6. The van der Waals surface area contributed by atoms with Gasteiger partial charge in [0, 0.05) is 11.9 Å². The van der Waals surface area contributed by atoms with Crippen molar-refractivity contribution in [2.24, 2.45) is 0 Å². The van der Waals surface area contributed by atoms with Crippen LogP contribution >= 0.6 is 0 Å². The molecule has 0 N–H and O–H groups in total. The molecule has 0 saturated carbocycles. The van der Waals surface area contributed by atoms with Gasteiger partial charge in [-0.3, -0.25) is 4.90 Å². The van der Waals surface area contributed by atoms with Gasteiger partial charge >= 0.3 is 6.09 Å². The molecule has 29 heavy (non-hydrogen) atoms. The predicted molar refractivity (Wildman–Crippen MR) is 125 cm³/mol. The third-order valence-electron chi connectivity index (χ3n) is 5.22. The molecule has 2 aromatic rings. The van der Waals surface area contributed by atoms with Gasteiger partial charge in [0.25, 0.3) is 0 Å². The Hall–Kier alpha value is -2.03. The number of fused-ring (bicyclic) bond motifs is 1. The highest BCUT2D eigenvalue weighted by molar-refractivity contribution is 6.03. The average Bonchev–Trinajstić information content (AvgIpc) is 2.66. The van der Waals surface area contributed by atoms with Gasteiger partial charge in [-0.2, -0.15) is 0 Å². The molecule has 0 aliphatic heterocycles. The fourth-order valence-electron chi connectivity index (χ4n) is 3.74. The number of ether oxygens (including phenoxy) is 1. The van der Waals surface area contributed by atoms with Gasteiger partial charge in [-0.05, 0) is 45.1 Å². The summed E-state index contributed by atoms with van der Waals surface area (Å²) in [5.74, 6) is 0. The van der Waals surface area contributed by atoms with E-state index in [1.807, 2.05) is 37.8 Å². The first-order chi connectivity index (χ1) is 13.8. The molecule has 0 aliphatic carbocycles. The Morgan fingerprint density at radius 1 is 0.897 bits per heavy atom. The fourth-order valence-corrected chi connectivity index (χ4v) is 3.74. The number of benzene rings is 2. The van der Waals surface area contributed by atoms with Crippen molar-refractivity contribution in [1.82, 2.24) is 0 Å². The second kappa shape index (κ2) is 11.2. The van der Waals surface area contributed by atoms with Gasteiger partial charge in [0.1, 0.15) is 5.60 Å². The van der Waals surface area contributed by atoms with Crippen molar-refractivity contribution in [1.29, 1.82) is 0 Å². The van der Waals surface area contributed by atoms with E-state index in [-0.39, 0.29) is 6.09 Å². The Kier molecular flexibility index (Phi) is 9.00. The lowest BCUT2D eigenvalue weighted by Gasteiger charge is -2.29. The van der Waals surface area contributed by atoms with E-state index in [0.717, 1.165) is 34.9 Å². The second-order valence-electron chi connectivity index (χ2n) is 9.06. The maximum atomic E-state index is 13.1. The number of hydrogen-bond donors (Lipinski definition) is 0. The van der Waals surface area contributed by atoms with Crippen LogP contribution in [0.25, 0.3) is 10.8 Å². The summed E-state index contributed by atoms with van der Waals surface area (Å²) in [5.41, 5.74) is 1.59. The number of hydrogen-bond acceptors (Lipinski definition) is 2. The Morgan fingerprint density at radius 2 is 1.52 bits per heavy atom.